The SMILES string of the molecule is CO[C@@H]1OC(COCc2ccccc2)[C@H](C)[C@](C)(O)C1OCc1ccccc1. The highest BCUT2D eigenvalue weighted by Gasteiger charge is 2.52. The highest BCUT2D eigenvalue weighted by molar-refractivity contribution is 5.14. The Bertz CT molecular complexity index is 703. The zero-order chi connectivity index (χ0) is 20.0. The Morgan fingerprint density at radius 3 is 2.11 bits per heavy atom. The van der Waals surface area contributed by atoms with E-state index in [9.17, 15) is 5.11 Å². The molecule has 5 atom stereocenters. The van der Waals surface area contributed by atoms with Crippen LogP contribution < -0.4 is 0 Å². The van der Waals surface area contributed by atoms with E-state index in [1.54, 1.807) is 14.0 Å². The molecule has 2 unspecified atom stereocenters. The topological polar surface area (TPSA) is 57.2 Å². The molecule has 0 amide bonds. The van der Waals surface area contributed by atoms with Gasteiger partial charge in [0.25, 0.3) is 0 Å². The number of hydrogen-bond acceptors (Lipinski definition) is 5. The van der Waals surface area contributed by atoms with Crippen LogP contribution in [0.25, 0.3) is 0 Å². The predicted octanol–water partition coefficient (Wildman–Crippen LogP) is 3.55. The van der Waals surface area contributed by atoms with E-state index < -0.39 is 18.0 Å². The quantitative estimate of drug-likeness (QED) is 0.752. The normalized spacial score (nSPS) is 30.3. The highest BCUT2D eigenvalue weighted by atomic mass is 16.7. The molecule has 5 nitrogen and oxygen atoms in total. The Labute approximate surface area is 167 Å². The Hall–Kier alpha value is -1.76. The molecule has 0 spiro atoms. The maximum atomic E-state index is 11.2. The first-order valence-corrected chi connectivity index (χ1v) is 9.70. The molecule has 152 valence electrons. The first-order chi connectivity index (χ1) is 13.5. The number of methoxy groups -OCH3 is 1. The third kappa shape index (κ3) is 4.99. The summed E-state index contributed by atoms with van der Waals surface area (Å²) in [4.78, 5) is 0. The van der Waals surface area contributed by atoms with E-state index in [1.165, 1.54) is 0 Å². The van der Waals surface area contributed by atoms with Crippen LogP contribution in [0.2, 0.25) is 0 Å². The lowest BCUT2D eigenvalue weighted by Gasteiger charge is -2.49. The van der Waals surface area contributed by atoms with E-state index in [-0.39, 0.29) is 12.0 Å². The Morgan fingerprint density at radius 1 is 0.964 bits per heavy atom. The van der Waals surface area contributed by atoms with Crippen molar-refractivity contribution in [3.8, 4) is 0 Å². The Kier molecular flexibility index (Phi) is 7.21. The largest absolute Gasteiger partial charge is 0.387 e. The summed E-state index contributed by atoms with van der Waals surface area (Å²) in [6, 6.07) is 19.9. The summed E-state index contributed by atoms with van der Waals surface area (Å²) in [7, 11) is 1.57. The minimum Gasteiger partial charge on any atom is -0.387 e. The van der Waals surface area contributed by atoms with Gasteiger partial charge in [0.05, 0.1) is 31.5 Å². The Balaban J connectivity index is 1.60. The fourth-order valence-electron chi connectivity index (χ4n) is 3.51. The van der Waals surface area contributed by atoms with Gasteiger partial charge in [0.2, 0.25) is 0 Å². The van der Waals surface area contributed by atoms with Gasteiger partial charge in [0.1, 0.15) is 6.10 Å². The summed E-state index contributed by atoms with van der Waals surface area (Å²) in [5, 5.41) is 11.2. The maximum absolute atomic E-state index is 11.2. The van der Waals surface area contributed by atoms with Crippen LogP contribution >= 0.6 is 0 Å². The minimum atomic E-state index is -1.12. The van der Waals surface area contributed by atoms with Crippen LogP contribution in [0.5, 0.6) is 0 Å². The van der Waals surface area contributed by atoms with Gasteiger partial charge in [-0.15, -0.1) is 0 Å². The molecule has 2 aromatic rings. The summed E-state index contributed by atoms with van der Waals surface area (Å²) < 4.78 is 23.5. The monoisotopic (exact) mass is 386 g/mol. The van der Waals surface area contributed by atoms with E-state index in [2.05, 4.69) is 0 Å². The van der Waals surface area contributed by atoms with Gasteiger partial charge in [0.15, 0.2) is 6.29 Å². The van der Waals surface area contributed by atoms with Crippen molar-refractivity contribution in [1.82, 2.24) is 0 Å². The summed E-state index contributed by atoms with van der Waals surface area (Å²) in [6.45, 7) is 5.00. The third-order valence-electron chi connectivity index (χ3n) is 5.51. The zero-order valence-electron chi connectivity index (χ0n) is 16.8. The maximum Gasteiger partial charge on any atom is 0.186 e. The molecule has 1 heterocycles. The van der Waals surface area contributed by atoms with Crippen molar-refractivity contribution in [2.45, 2.75) is 51.2 Å². The standard InChI is InChI=1S/C23H30O5/c1-17-20(16-26-14-18-10-6-4-7-11-18)28-22(25-3)21(23(17,2)24)27-15-19-12-8-5-9-13-19/h4-13,17,20-22,24H,14-16H2,1-3H3/t17-,20?,21?,22+,23-/m0/s1. The predicted molar refractivity (Wildman–Crippen MR) is 107 cm³/mol. The minimum absolute atomic E-state index is 0.185. The van der Waals surface area contributed by atoms with Crippen molar-refractivity contribution >= 4 is 0 Å². The van der Waals surface area contributed by atoms with Gasteiger partial charge in [-0.3, -0.25) is 0 Å². The molecule has 1 aliphatic rings. The van der Waals surface area contributed by atoms with Gasteiger partial charge >= 0.3 is 0 Å². The van der Waals surface area contributed by atoms with Crippen LogP contribution in [0.3, 0.4) is 0 Å². The molecule has 3 rings (SSSR count). The van der Waals surface area contributed by atoms with Crippen molar-refractivity contribution in [1.29, 1.82) is 0 Å². The van der Waals surface area contributed by atoms with Crippen LogP contribution in [0.15, 0.2) is 60.7 Å². The summed E-state index contributed by atoms with van der Waals surface area (Å²) in [6.07, 6.45) is -1.56. The van der Waals surface area contributed by atoms with Crippen LogP contribution in [-0.2, 0) is 32.2 Å². The number of hydrogen-bond donors (Lipinski definition) is 1. The van der Waals surface area contributed by atoms with Gasteiger partial charge in [0, 0.05) is 13.0 Å². The number of benzene rings is 2. The van der Waals surface area contributed by atoms with E-state index in [4.69, 9.17) is 18.9 Å². The zero-order valence-corrected chi connectivity index (χ0v) is 16.8. The average Bonchev–Trinajstić information content (AvgIpc) is 2.72. The molecular formula is C23H30O5. The second-order valence-electron chi connectivity index (χ2n) is 7.51. The van der Waals surface area contributed by atoms with Crippen molar-refractivity contribution < 1.29 is 24.1 Å². The average molecular weight is 386 g/mol. The summed E-state index contributed by atoms with van der Waals surface area (Å²) >= 11 is 0. The van der Waals surface area contributed by atoms with Gasteiger partial charge in [-0.25, -0.2) is 0 Å². The van der Waals surface area contributed by atoms with Crippen molar-refractivity contribution in [3.05, 3.63) is 71.8 Å². The molecule has 0 aliphatic carbocycles. The molecule has 0 saturated carbocycles. The van der Waals surface area contributed by atoms with Gasteiger partial charge in [-0.1, -0.05) is 67.6 Å². The molecule has 5 heteroatoms. The molecule has 0 radical (unpaired) electrons. The molecule has 1 N–H and O–H groups in total. The molecule has 2 aromatic carbocycles. The van der Waals surface area contributed by atoms with Crippen LogP contribution in [0.1, 0.15) is 25.0 Å². The van der Waals surface area contributed by atoms with Crippen molar-refractivity contribution in [2.24, 2.45) is 5.92 Å². The smallest absolute Gasteiger partial charge is 0.186 e. The van der Waals surface area contributed by atoms with E-state index in [0.29, 0.717) is 19.8 Å². The Morgan fingerprint density at radius 2 is 1.54 bits per heavy atom. The summed E-state index contributed by atoms with van der Waals surface area (Å²) in [5.74, 6) is -0.185. The molecular weight excluding hydrogens is 356 g/mol. The molecule has 0 bridgehead atoms. The molecule has 28 heavy (non-hydrogen) atoms. The second-order valence-corrected chi connectivity index (χ2v) is 7.51. The number of aliphatic hydroxyl groups is 1. The fraction of sp³-hybridized carbons (Fsp3) is 0.478. The van der Waals surface area contributed by atoms with Crippen LogP contribution in [0.4, 0.5) is 0 Å². The van der Waals surface area contributed by atoms with Crippen LogP contribution in [-0.4, -0.2) is 42.9 Å². The second kappa shape index (κ2) is 9.63. The lowest BCUT2D eigenvalue weighted by molar-refractivity contribution is -0.321. The van der Waals surface area contributed by atoms with Crippen molar-refractivity contribution in [2.75, 3.05) is 13.7 Å². The fourth-order valence-corrected chi connectivity index (χ4v) is 3.51. The number of rotatable bonds is 8. The lowest BCUT2D eigenvalue weighted by Crippen LogP contribution is -2.63. The molecule has 1 saturated heterocycles. The van der Waals surface area contributed by atoms with Gasteiger partial charge in [-0.2, -0.15) is 0 Å². The third-order valence-corrected chi connectivity index (χ3v) is 5.51. The van der Waals surface area contributed by atoms with Gasteiger partial charge in [-0.05, 0) is 18.1 Å². The lowest BCUT2D eigenvalue weighted by atomic mass is 9.79. The number of ether oxygens (including phenoxy) is 4. The molecule has 1 aliphatic heterocycles. The molecule has 0 aromatic heterocycles. The van der Waals surface area contributed by atoms with E-state index in [1.807, 2.05) is 67.6 Å². The van der Waals surface area contributed by atoms with E-state index >= 15 is 0 Å². The summed E-state index contributed by atoms with van der Waals surface area (Å²) in [5.41, 5.74) is 1.02. The first-order valence-electron chi connectivity index (χ1n) is 9.70. The van der Waals surface area contributed by atoms with E-state index in [0.717, 1.165) is 11.1 Å². The van der Waals surface area contributed by atoms with Gasteiger partial charge < -0.3 is 24.1 Å². The van der Waals surface area contributed by atoms with Crippen LogP contribution in [0, 0.1) is 5.92 Å². The molecule has 1 fully saturated rings. The van der Waals surface area contributed by atoms with Crippen molar-refractivity contribution in [3.63, 3.8) is 0 Å². The highest BCUT2D eigenvalue weighted by Crippen LogP contribution is 2.37. The first kappa shape index (κ1) is 21.0.